The van der Waals surface area contributed by atoms with Crippen molar-refractivity contribution in [3.63, 3.8) is 0 Å². The maximum absolute atomic E-state index is 12.4. The lowest BCUT2D eigenvalue weighted by Crippen LogP contribution is -2.18. The molecule has 0 aliphatic carbocycles. The van der Waals surface area contributed by atoms with Crippen LogP contribution in [0.3, 0.4) is 0 Å². The minimum atomic E-state index is -0.454. The van der Waals surface area contributed by atoms with E-state index in [2.05, 4.69) is 10.5 Å². The van der Waals surface area contributed by atoms with Crippen LogP contribution < -0.4 is 10.2 Å². The summed E-state index contributed by atoms with van der Waals surface area (Å²) in [4.78, 5) is 23.0. The molecule has 0 radical (unpaired) electrons. The fourth-order valence-electron chi connectivity index (χ4n) is 2.71. The molecule has 28 heavy (non-hydrogen) atoms. The van der Waals surface area contributed by atoms with Crippen LogP contribution in [-0.2, 0) is 0 Å². The molecule has 3 rings (SSSR count). The molecular formula is C21H17N3O4. The molecule has 0 saturated heterocycles. The number of carbonyl (C=O) groups is 1. The van der Waals surface area contributed by atoms with Crippen molar-refractivity contribution >= 4 is 34.7 Å². The van der Waals surface area contributed by atoms with Gasteiger partial charge in [-0.25, -0.2) is 5.43 Å². The normalized spacial score (nSPS) is 11.2. The number of allylic oxidation sites excluding steroid dienone is 1. The second kappa shape index (κ2) is 8.59. The fraction of sp³-hybridized carbons (Fsp3) is 0.0476. The summed E-state index contributed by atoms with van der Waals surface area (Å²) < 4.78 is 5.30. The molecule has 1 N–H and O–H groups in total. The van der Waals surface area contributed by atoms with E-state index in [4.69, 9.17) is 4.74 Å². The first kappa shape index (κ1) is 18.8. The molecule has 140 valence electrons. The van der Waals surface area contributed by atoms with Crippen molar-refractivity contribution in [2.45, 2.75) is 0 Å². The summed E-state index contributed by atoms with van der Waals surface area (Å²) in [6.45, 7) is 0. The topological polar surface area (TPSA) is 93.8 Å². The maximum atomic E-state index is 12.4. The molecule has 7 nitrogen and oxygen atoms in total. The first-order chi connectivity index (χ1) is 13.6. The Bertz CT molecular complexity index is 1090. The Labute approximate surface area is 161 Å². The highest BCUT2D eigenvalue weighted by Gasteiger charge is 2.13. The van der Waals surface area contributed by atoms with E-state index >= 15 is 0 Å². The number of nitrogens with one attached hydrogen (secondary N) is 1. The molecule has 1 amide bonds. The molecule has 0 saturated carbocycles. The molecule has 0 aliphatic heterocycles. The van der Waals surface area contributed by atoms with Gasteiger partial charge in [0.2, 0.25) is 0 Å². The molecule has 0 bridgehead atoms. The minimum Gasteiger partial charge on any atom is -0.496 e. The zero-order chi connectivity index (χ0) is 19.9. The molecule has 3 aromatic carbocycles. The first-order valence-electron chi connectivity index (χ1n) is 8.40. The Morgan fingerprint density at radius 2 is 1.79 bits per heavy atom. The van der Waals surface area contributed by atoms with E-state index < -0.39 is 10.8 Å². The Hall–Kier alpha value is -4.00. The highest BCUT2D eigenvalue weighted by molar-refractivity contribution is 6.01. The second-order valence-corrected chi connectivity index (χ2v) is 5.79. The van der Waals surface area contributed by atoms with Crippen molar-refractivity contribution in [3.8, 4) is 5.75 Å². The van der Waals surface area contributed by atoms with Gasteiger partial charge in [-0.15, -0.1) is 0 Å². The number of rotatable bonds is 6. The first-order valence-corrected chi connectivity index (χ1v) is 8.40. The standard InChI is InChI=1S/C21H17N3O4/c1-28-20-14-17-9-3-2-8-16(17)13-18(20)21(25)23-22-12-6-10-15-7-4-5-11-19(15)24(26)27/h2-14H,1H3,(H,23,25)/b10-6+,22-12-. The van der Waals surface area contributed by atoms with Gasteiger partial charge < -0.3 is 4.74 Å². The quantitative estimate of drug-likeness (QED) is 0.397. The van der Waals surface area contributed by atoms with E-state index in [1.807, 2.05) is 24.3 Å². The summed E-state index contributed by atoms with van der Waals surface area (Å²) >= 11 is 0. The number of nitro groups is 1. The van der Waals surface area contributed by atoms with Crippen molar-refractivity contribution in [2.75, 3.05) is 7.11 Å². The van der Waals surface area contributed by atoms with E-state index in [-0.39, 0.29) is 5.69 Å². The lowest BCUT2D eigenvalue weighted by Gasteiger charge is -2.09. The molecule has 0 aliphatic rings. The number of ether oxygens (including phenoxy) is 1. The van der Waals surface area contributed by atoms with Crippen LogP contribution >= 0.6 is 0 Å². The molecule has 0 aromatic heterocycles. The number of methoxy groups -OCH3 is 1. The average Bonchev–Trinajstić information content (AvgIpc) is 2.72. The van der Waals surface area contributed by atoms with Crippen LogP contribution in [0.25, 0.3) is 16.8 Å². The third-order valence-electron chi connectivity index (χ3n) is 4.05. The van der Waals surface area contributed by atoms with Crippen molar-refractivity contribution in [1.82, 2.24) is 5.43 Å². The van der Waals surface area contributed by atoms with Crippen LogP contribution in [0.4, 0.5) is 5.69 Å². The average molecular weight is 375 g/mol. The van der Waals surface area contributed by atoms with E-state index in [9.17, 15) is 14.9 Å². The zero-order valence-corrected chi connectivity index (χ0v) is 15.0. The third kappa shape index (κ3) is 4.21. The summed E-state index contributed by atoms with van der Waals surface area (Å²) in [5, 5.41) is 16.7. The van der Waals surface area contributed by atoms with E-state index in [1.54, 1.807) is 36.4 Å². The van der Waals surface area contributed by atoms with Gasteiger partial charge >= 0.3 is 0 Å². The van der Waals surface area contributed by atoms with E-state index in [0.29, 0.717) is 16.9 Å². The molecule has 0 heterocycles. The minimum absolute atomic E-state index is 0.00270. The lowest BCUT2D eigenvalue weighted by atomic mass is 10.1. The summed E-state index contributed by atoms with van der Waals surface area (Å²) in [5.74, 6) is 0.0276. The van der Waals surface area contributed by atoms with Crippen molar-refractivity contribution in [1.29, 1.82) is 0 Å². The van der Waals surface area contributed by atoms with Gasteiger partial charge in [0.15, 0.2) is 0 Å². The smallest absolute Gasteiger partial charge is 0.276 e. The van der Waals surface area contributed by atoms with E-state index in [0.717, 1.165) is 10.8 Å². The van der Waals surface area contributed by atoms with Gasteiger partial charge in [0, 0.05) is 12.3 Å². The SMILES string of the molecule is COc1cc2ccccc2cc1C(=O)N/N=C\C=C\c1ccccc1[N+](=O)[O-]. The number of fused-ring (bicyclic) bond motifs is 1. The molecule has 0 fully saturated rings. The van der Waals surface area contributed by atoms with Gasteiger partial charge in [-0.3, -0.25) is 14.9 Å². The molecule has 0 atom stereocenters. The summed E-state index contributed by atoms with van der Waals surface area (Å²) in [6.07, 6.45) is 4.41. The Kier molecular flexibility index (Phi) is 5.76. The van der Waals surface area contributed by atoms with Crippen molar-refractivity contribution in [2.24, 2.45) is 5.10 Å². The van der Waals surface area contributed by atoms with Crippen LogP contribution in [0.5, 0.6) is 5.75 Å². The molecule has 0 spiro atoms. The van der Waals surface area contributed by atoms with Gasteiger partial charge in [0.05, 0.1) is 23.2 Å². The maximum Gasteiger partial charge on any atom is 0.276 e. The number of nitrogens with zero attached hydrogens (tertiary/aromatic N) is 2. The number of para-hydroxylation sites is 1. The third-order valence-corrected chi connectivity index (χ3v) is 4.05. The van der Waals surface area contributed by atoms with Crippen LogP contribution in [0, 0.1) is 10.1 Å². The monoisotopic (exact) mass is 375 g/mol. The Morgan fingerprint density at radius 1 is 1.11 bits per heavy atom. The van der Waals surface area contributed by atoms with Crippen LogP contribution in [-0.4, -0.2) is 24.2 Å². The Balaban J connectivity index is 1.72. The van der Waals surface area contributed by atoms with Gasteiger partial charge in [-0.05, 0) is 41.1 Å². The zero-order valence-electron chi connectivity index (χ0n) is 15.0. The van der Waals surface area contributed by atoms with Crippen LogP contribution in [0.15, 0.2) is 71.8 Å². The molecular weight excluding hydrogens is 358 g/mol. The highest BCUT2D eigenvalue weighted by atomic mass is 16.6. The number of amides is 1. The Morgan fingerprint density at radius 3 is 2.50 bits per heavy atom. The number of hydrogen-bond acceptors (Lipinski definition) is 5. The molecule has 3 aromatic rings. The van der Waals surface area contributed by atoms with Crippen molar-refractivity contribution < 1.29 is 14.5 Å². The second-order valence-electron chi connectivity index (χ2n) is 5.79. The molecule has 0 unspecified atom stereocenters. The van der Waals surface area contributed by atoms with Gasteiger partial charge in [0.1, 0.15) is 5.75 Å². The highest BCUT2D eigenvalue weighted by Crippen LogP contribution is 2.25. The number of benzene rings is 3. The summed E-state index contributed by atoms with van der Waals surface area (Å²) in [6, 6.07) is 17.5. The number of hydrogen-bond donors (Lipinski definition) is 1. The van der Waals surface area contributed by atoms with Gasteiger partial charge in [-0.1, -0.05) is 36.4 Å². The fourth-order valence-corrected chi connectivity index (χ4v) is 2.71. The van der Waals surface area contributed by atoms with Gasteiger partial charge in [-0.2, -0.15) is 5.10 Å². The van der Waals surface area contributed by atoms with Gasteiger partial charge in [0.25, 0.3) is 11.6 Å². The predicted octanol–water partition coefficient (Wildman–Crippen LogP) is 4.19. The summed E-state index contributed by atoms with van der Waals surface area (Å²) in [7, 11) is 1.50. The largest absolute Gasteiger partial charge is 0.496 e. The molecule has 7 heteroatoms. The van der Waals surface area contributed by atoms with Crippen LogP contribution in [0.1, 0.15) is 15.9 Å². The summed E-state index contributed by atoms with van der Waals surface area (Å²) in [5.41, 5.74) is 3.23. The lowest BCUT2D eigenvalue weighted by molar-refractivity contribution is -0.385. The van der Waals surface area contributed by atoms with E-state index in [1.165, 1.54) is 25.5 Å². The van der Waals surface area contributed by atoms with Crippen molar-refractivity contribution in [3.05, 3.63) is 88.0 Å². The number of hydrazone groups is 1. The van der Waals surface area contributed by atoms with Crippen LogP contribution in [0.2, 0.25) is 0 Å². The number of carbonyl (C=O) groups excluding carboxylic acids is 1. The number of nitro benzene ring substituents is 1. The predicted molar refractivity (Wildman–Crippen MR) is 109 cm³/mol.